The molecule has 14 heavy (non-hydrogen) atoms. The maximum atomic E-state index is 12.4. The van der Waals surface area contributed by atoms with E-state index in [2.05, 4.69) is 4.98 Å². The molecule has 1 rings (SSSR count). The van der Waals surface area contributed by atoms with Gasteiger partial charge in [-0.05, 0) is 0 Å². The van der Waals surface area contributed by atoms with Crippen molar-refractivity contribution in [3.63, 3.8) is 0 Å². The molecule has 0 amide bonds. The van der Waals surface area contributed by atoms with Crippen LogP contribution in [0.25, 0.3) is 0 Å². The van der Waals surface area contributed by atoms with E-state index in [9.17, 15) is 8.78 Å². The van der Waals surface area contributed by atoms with Crippen LogP contribution in [0.3, 0.4) is 0 Å². The molecule has 0 saturated heterocycles. The minimum atomic E-state index is -2.70. The molecule has 0 unspecified atom stereocenters. The number of alkyl halides is 3. The highest BCUT2D eigenvalue weighted by Crippen LogP contribution is 2.30. The Morgan fingerprint density at radius 3 is 2.57 bits per heavy atom. The van der Waals surface area contributed by atoms with Gasteiger partial charge in [0.05, 0.1) is 23.2 Å². The summed E-state index contributed by atoms with van der Waals surface area (Å²) in [5.74, 6) is 0.0232. The Labute approximate surface area is 89.5 Å². The number of nitrogens with zero attached hydrogens (tertiary/aromatic N) is 1. The largest absolute Gasteiger partial charge is 0.392 e. The van der Waals surface area contributed by atoms with E-state index in [4.69, 9.17) is 28.3 Å². The van der Waals surface area contributed by atoms with Crippen molar-refractivity contribution in [1.29, 1.82) is 0 Å². The second-order valence-electron chi connectivity index (χ2n) is 2.55. The van der Waals surface area contributed by atoms with E-state index in [-0.39, 0.29) is 22.0 Å². The lowest BCUT2D eigenvalue weighted by Crippen LogP contribution is -2.01. The Kier molecular flexibility index (Phi) is 4.04. The first-order valence-electron chi connectivity index (χ1n) is 3.73. The maximum Gasteiger partial charge on any atom is 0.265 e. The minimum Gasteiger partial charge on any atom is -0.392 e. The molecule has 0 spiro atoms. The maximum absolute atomic E-state index is 12.4. The lowest BCUT2D eigenvalue weighted by Gasteiger charge is -2.10. The van der Waals surface area contributed by atoms with E-state index >= 15 is 0 Å². The predicted molar refractivity (Wildman–Crippen MR) is 49.7 cm³/mol. The summed E-state index contributed by atoms with van der Waals surface area (Å²) in [6.45, 7) is -0.551. The van der Waals surface area contributed by atoms with Crippen LogP contribution < -0.4 is 0 Å². The molecular weight excluding hydrogens is 235 g/mol. The van der Waals surface area contributed by atoms with Crippen LogP contribution in [0.15, 0.2) is 6.20 Å². The minimum absolute atomic E-state index is 0.00711. The number of aliphatic hydroxyl groups is 1. The molecule has 1 N–H and O–H groups in total. The highest BCUT2D eigenvalue weighted by molar-refractivity contribution is 6.32. The summed E-state index contributed by atoms with van der Waals surface area (Å²) < 4.78 is 24.8. The van der Waals surface area contributed by atoms with Gasteiger partial charge in [0.2, 0.25) is 0 Å². The Morgan fingerprint density at radius 1 is 1.50 bits per heavy atom. The van der Waals surface area contributed by atoms with Crippen LogP contribution in [-0.2, 0) is 12.5 Å². The van der Waals surface area contributed by atoms with Gasteiger partial charge in [-0.1, -0.05) is 11.6 Å². The molecule has 2 nitrogen and oxygen atoms in total. The van der Waals surface area contributed by atoms with Gasteiger partial charge in [-0.15, -0.1) is 11.6 Å². The predicted octanol–water partition coefficient (Wildman–Crippen LogP) is 2.90. The molecule has 6 heteroatoms. The van der Waals surface area contributed by atoms with Gasteiger partial charge in [0.25, 0.3) is 6.43 Å². The van der Waals surface area contributed by atoms with Crippen LogP contribution in [0.4, 0.5) is 8.78 Å². The van der Waals surface area contributed by atoms with Crippen LogP contribution in [0.2, 0.25) is 5.02 Å². The summed E-state index contributed by atoms with van der Waals surface area (Å²) in [6, 6.07) is 0. The lowest BCUT2D eigenvalue weighted by molar-refractivity contribution is 0.146. The van der Waals surface area contributed by atoms with Gasteiger partial charge in [-0.3, -0.25) is 4.98 Å². The fourth-order valence-electron chi connectivity index (χ4n) is 1.02. The molecule has 0 fully saturated rings. The third-order valence-electron chi connectivity index (χ3n) is 1.75. The standard InChI is InChI=1S/C8H7Cl2F2NO/c9-1-6-7(10)5(3-14)4(2-13-6)8(11)12/h2,8,14H,1,3H2. The average molecular weight is 242 g/mol. The molecule has 1 aromatic heterocycles. The Hall–Kier alpha value is -0.450. The summed E-state index contributed by atoms with van der Waals surface area (Å²) >= 11 is 11.2. The first kappa shape index (κ1) is 11.6. The Bertz CT molecular complexity index is 333. The van der Waals surface area contributed by atoms with E-state index in [1.807, 2.05) is 0 Å². The summed E-state index contributed by atoms with van der Waals surface area (Å²) in [7, 11) is 0. The number of hydrogen-bond donors (Lipinski definition) is 1. The number of pyridine rings is 1. The van der Waals surface area contributed by atoms with Crippen molar-refractivity contribution in [2.24, 2.45) is 0 Å². The Morgan fingerprint density at radius 2 is 2.14 bits per heavy atom. The van der Waals surface area contributed by atoms with Gasteiger partial charge in [0, 0.05) is 17.3 Å². The monoisotopic (exact) mass is 241 g/mol. The Balaban J connectivity index is 3.28. The van der Waals surface area contributed by atoms with Crippen LogP contribution in [0.1, 0.15) is 23.2 Å². The van der Waals surface area contributed by atoms with Crippen molar-refractivity contribution in [2.45, 2.75) is 18.9 Å². The zero-order chi connectivity index (χ0) is 10.7. The molecule has 1 aromatic rings. The van der Waals surface area contributed by atoms with Crippen LogP contribution >= 0.6 is 23.2 Å². The van der Waals surface area contributed by atoms with E-state index in [1.54, 1.807) is 0 Å². The van der Waals surface area contributed by atoms with E-state index in [1.165, 1.54) is 0 Å². The van der Waals surface area contributed by atoms with Crippen molar-refractivity contribution in [3.05, 3.63) is 28.0 Å². The van der Waals surface area contributed by atoms with Gasteiger partial charge in [-0.2, -0.15) is 0 Å². The van der Waals surface area contributed by atoms with Crippen molar-refractivity contribution in [1.82, 2.24) is 4.98 Å². The van der Waals surface area contributed by atoms with Crippen molar-refractivity contribution in [3.8, 4) is 0 Å². The topological polar surface area (TPSA) is 33.1 Å². The summed E-state index contributed by atoms with van der Waals surface area (Å²) in [5, 5.41) is 8.89. The number of hydrogen-bond acceptors (Lipinski definition) is 2. The molecule has 0 bridgehead atoms. The first-order valence-corrected chi connectivity index (χ1v) is 4.64. The number of rotatable bonds is 3. The second kappa shape index (κ2) is 4.87. The number of aliphatic hydroxyl groups excluding tert-OH is 1. The van der Waals surface area contributed by atoms with E-state index in [0.717, 1.165) is 6.20 Å². The molecule has 0 aliphatic heterocycles. The van der Waals surface area contributed by atoms with Gasteiger partial charge in [0.15, 0.2) is 0 Å². The lowest BCUT2D eigenvalue weighted by atomic mass is 10.1. The smallest absolute Gasteiger partial charge is 0.265 e. The molecule has 0 aliphatic carbocycles. The van der Waals surface area contributed by atoms with Gasteiger partial charge >= 0.3 is 0 Å². The molecule has 1 heterocycles. The third-order valence-corrected chi connectivity index (χ3v) is 2.45. The van der Waals surface area contributed by atoms with Crippen molar-refractivity contribution in [2.75, 3.05) is 0 Å². The summed E-state index contributed by atoms with van der Waals surface area (Å²) in [5.41, 5.74) is -0.0690. The van der Waals surface area contributed by atoms with Crippen LogP contribution in [0, 0.1) is 0 Å². The molecule has 0 aliphatic rings. The SMILES string of the molecule is OCc1c(C(F)F)cnc(CCl)c1Cl. The van der Waals surface area contributed by atoms with Crippen molar-refractivity contribution >= 4 is 23.2 Å². The van der Waals surface area contributed by atoms with E-state index in [0.29, 0.717) is 5.69 Å². The normalized spacial score (nSPS) is 11.0. The number of halogens is 4. The zero-order valence-electron chi connectivity index (χ0n) is 6.98. The second-order valence-corrected chi connectivity index (χ2v) is 3.19. The summed E-state index contributed by atoms with van der Waals surface area (Å²) in [4.78, 5) is 3.67. The van der Waals surface area contributed by atoms with Crippen LogP contribution in [0.5, 0.6) is 0 Å². The quantitative estimate of drug-likeness (QED) is 0.826. The van der Waals surface area contributed by atoms with Crippen molar-refractivity contribution < 1.29 is 13.9 Å². The van der Waals surface area contributed by atoms with Gasteiger partial charge < -0.3 is 5.11 Å². The zero-order valence-corrected chi connectivity index (χ0v) is 8.49. The highest BCUT2D eigenvalue weighted by atomic mass is 35.5. The van der Waals surface area contributed by atoms with Gasteiger partial charge in [0.1, 0.15) is 0 Å². The first-order chi connectivity index (χ1) is 6.61. The molecule has 0 radical (unpaired) electrons. The molecular formula is C8H7Cl2F2NO. The molecule has 0 atom stereocenters. The highest BCUT2D eigenvalue weighted by Gasteiger charge is 2.18. The number of aromatic nitrogens is 1. The fourth-order valence-corrected chi connectivity index (χ4v) is 1.58. The molecule has 0 aromatic carbocycles. The van der Waals surface area contributed by atoms with Crippen LogP contribution in [-0.4, -0.2) is 10.1 Å². The fraction of sp³-hybridized carbons (Fsp3) is 0.375. The summed E-state index contributed by atoms with van der Waals surface area (Å²) in [6.07, 6.45) is -1.72. The molecule has 0 saturated carbocycles. The van der Waals surface area contributed by atoms with E-state index < -0.39 is 13.0 Å². The van der Waals surface area contributed by atoms with Gasteiger partial charge in [-0.25, -0.2) is 8.78 Å². The molecule has 78 valence electrons. The third kappa shape index (κ3) is 2.13. The average Bonchev–Trinajstić information content (AvgIpc) is 2.17.